The van der Waals surface area contributed by atoms with Gasteiger partial charge < -0.3 is 88.2 Å². The maximum atomic E-state index is 15.3. The van der Waals surface area contributed by atoms with Gasteiger partial charge in [-0.05, 0) is 201 Å². The van der Waals surface area contributed by atoms with Crippen LogP contribution in [0.1, 0.15) is 69.2 Å². The van der Waals surface area contributed by atoms with Gasteiger partial charge in [0.15, 0.2) is 11.6 Å². The number of halogens is 7. The molecule has 2 atom stereocenters. The summed E-state index contributed by atoms with van der Waals surface area (Å²) in [5.41, 5.74) is 14.3. The van der Waals surface area contributed by atoms with Crippen LogP contribution in [0.2, 0.25) is 15.3 Å². The number of nitrogens with one attached hydrogen (secondary N) is 1. The highest BCUT2D eigenvalue weighted by Gasteiger charge is 2.31. The number of benzene rings is 8. The molecule has 36 nitrogen and oxygen atoms in total. The summed E-state index contributed by atoms with van der Waals surface area (Å²) in [6.07, 6.45) is -0.393. The number of rotatable bonds is 46. The van der Waals surface area contributed by atoms with Crippen LogP contribution in [-0.2, 0) is 85.2 Å². The smallest absolute Gasteiger partial charge is 0.304 e. The van der Waals surface area contributed by atoms with Crippen LogP contribution < -0.4 is 39.8 Å². The lowest BCUT2D eigenvalue weighted by molar-refractivity contribution is -0.138. The highest BCUT2D eigenvalue weighted by molar-refractivity contribution is 9.11. The molecule has 12 aromatic rings. The number of nitrogens with two attached hydrogens (primary N) is 1. The Kier molecular flexibility index (Phi) is 39.6. The number of piperazine rings is 2. The van der Waals surface area contributed by atoms with Gasteiger partial charge >= 0.3 is 11.9 Å². The predicted octanol–water partition coefficient (Wildman–Crippen LogP) is 13.2. The number of fused-ring (bicyclic) bond motifs is 4. The number of carboxylic acids is 2. The first-order chi connectivity index (χ1) is 66.6. The number of likely N-dealkylation sites (N-methyl/N-ethyl adjacent to an activating group) is 2. The van der Waals surface area contributed by atoms with Crippen LogP contribution in [0.3, 0.4) is 0 Å². The molecule has 8 aromatic carbocycles. The Morgan fingerprint density at radius 2 is 0.863 bits per heavy atom. The Bertz CT molecular complexity index is 6460. The van der Waals surface area contributed by atoms with E-state index in [1.165, 1.54) is 61.2 Å². The second-order valence-electron chi connectivity index (χ2n) is 32.9. The zero-order valence-corrected chi connectivity index (χ0v) is 85.7. The van der Waals surface area contributed by atoms with E-state index < -0.39 is 55.5 Å². The number of nitrogens with zero attached hydrogens (tertiary/aromatic N) is 16. The van der Waals surface area contributed by atoms with Gasteiger partial charge in [-0.2, -0.15) is 18.6 Å². The first-order valence-electron chi connectivity index (χ1n) is 44.5. The van der Waals surface area contributed by atoms with Gasteiger partial charge in [-0.1, -0.05) is 70.0 Å². The van der Waals surface area contributed by atoms with E-state index in [1.54, 1.807) is 72.0 Å². The van der Waals surface area contributed by atoms with Crippen molar-refractivity contribution in [3.8, 4) is 23.0 Å². The van der Waals surface area contributed by atoms with E-state index in [0.717, 1.165) is 80.2 Å². The fourth-order valence-corrected chi connectivity index (χ4v) is 19.0. The number of aliphatic carboxylic acids is 2. The molecule has 2 saturated heterocycles. The van der Waals surface area contributed by atoms with Crippen LogP contribution in [0.25, 0.3) is 43.9 Å². The fourth-order valence-electron chi connectivity index (χ4n) is 15.6. The van der Waals surface area contributed by atoms with E-state index in [4.69, 9.17) is 92.9 Å². The molecule has 2 unspecified atom stereocenters. The molecule has 139 heavy (non-hydrogen) atoms. The normalized spacial score (nSPS) is 13.8. The third-order valence-electron chi connectivity index (χ3n) is 23.2. The standard InChI is InChI=1S/C47H56BrClFN9O9S.C34H45N5O9S.C13H12BrCl2FN4/c1-30-6-7-31(36(28-41(60)61)32-25-39-45(40(26-32)64-5)58(4)55-54-39)24-33(30)29-57(3)69(62,63)35-10-8-34(9-11-35)68-23-22-67-21-20-66-19-18-65-17-12-51-47-52-44-37(27-38(49)42(48)43(44)50)46(53-47)59-15-13-56(2)14-16-59;1-24-5-6-25(30(22-33(40)41)26-20-31-34(32(21-26)44-4)39(3)37-36-31)19-27(24)23-38(2)49(42,43)29-9-7-28(8-10-29)48-18-17-47-16-15-46-14-13-45-12-11-35;1-20-2-4-21(5-3-20)12-7-6-8(15)9(14)10(17)11(7)18-13(16)19-12/h6-11,24-27,36H,12-23,28-29H2,1-5H3,(H,60,61)(H,51,52,53);5-10,19-21,30H,11-18,22-23,35H2,1-4H3,(H,40,41);6H,2-5H2,1H3. The van der Waals surface area contributed by atoms with Crippen molar-refractivity contribution in [2.75, 3.05) is 215 Å². The minimum atomic E-state index is -3.91. The van der Waals surface area contributed by atoms with Crippen LogP contribution in [0.4, 0.5) is 26.4 Å². The average molecular weight is 2150 g/mol. The lowest BCUT2D eigenvalue weighted by Crippen LogP contribution is -2.45. The molecule has 0 radical (unpaired) electrons. The van der Waals surface area contributed by atoms with Crippen LogP contribution in [0, 0.1) is 25.5 Å². The quantitative estimate of drug-likeness (QED) is 0.0156. The number of ether oxygens (including phenoxy) is 10. The van der Waals surface area contributed by atoms with Gasteiger partial charge in [0.1, 0.15) is 80.9 Å². The number of sulfonamides is 2. The predicted molar refractivity (Wildman–Crippen MR) is 533 cm³/mol. The number of carbonyl (C=O) groups is 2. The van der Waals surface area contributed by atoms with Crippen molar-refractivity contribution >= 4 is 160 Å². The lowest BCUT2D eigenvalue weighted by atomic mass is 9.86. The molecule has 14 rings (SSSR count). The molecule has 748 valence electrons. The van der Waals surface area contributed by atoms with E-state index in [-0.39, 0.29) is 72.6 Å². The summed E-state index contributed by atoms with van der Waals surface area (Å²) in [5.74, 6) is -0.515. The van der Waals surface area contributed by atoms with Gasteiger partial charge in [0.25, 0.3) is 0 Å². The van der Waals surface area contributed by atoms with Crippen molar-refractivity contribution in [1.82, 2.24) is 68.3 Å². The molecule has 2 aliphatic rings. The van der Waals surface area contributed by atoms with E-state index in [9.17, 15) is 41.0 Å². The molecule has 0 aliphatic carbocycles. The number of hydrogen-bond acceptors (Lipinski definition) is 30. The minimum absolute atomic E-state index is 0.0320. The summed E-state index contributed by atoms with van der Waals surface area (Å²) in [6, 6.07) is 34.2. The number of aryl methyl sites for hydroxylation is 4. The van der Waals surface area contributed by atoms with Gasteiger partial charge in [-0.3, -0.25) is 9.59 Å². The van der Waals surface area contributed by atoms with E-state index in [0.29, 0.717) is 194 Å². The maximum Gasteiger partial charge on any atom is 0.304 e. The average Bonchev–Trinajstić information content (AvgIpc) is 1.00. The number of aromatic nitrogens is 10. The summed E-state index contributed by atoms with van der Waals surface area (Å²) in [4.78, 5) is 50.4. The zero-order chi connectivity index (χ0) is 99.8. The van der Waals surface area contributed by atoms with Crippen molar-refractivity contribution in [3.63, 3.8) is 0 Å². The van der Waals surface area contributed by atoms with E-state index in [2.05, 4.69) is 106 Å². The van der Waals surface area contributed by atoms with Gasteiger partial charge in [0, 0.05) is 129 Å². The first kappa shape index (κ1) is 108. The molecule has 0 amide bonds. The third-order valence-corrected chi connectivity index (χ3v) is 29.6. The Balaban J connectivity index is 0.000000213. The SMILES string of the molecule is CN1CCN(c2nc(Cl)nc3c(F)c(Br)c(Cl)cc23)CC1.COc1cc(C(CC(=O)O)c2ccc(C)c(CN(C)S(=O)(=O)c3ccc(OCCOCCOCCOCCN)cc3)c2)cc2nnn(C)c12.COc1cc(C(CC(=O)O)c2ccc(C)c(CN(C)S(=O)(=O)c3ccc(OCCOCCOCCOCCNc4nc(N5CCN(C)CC5)c5cc(Cl)c(Br)c(F)c5n4)cc3)c2)cc2nnn(C)c12. The van der Waals surface area contributed by atoms with Gasteiger partial charge in [-0.25, -0.2) is 44.9 Å². The summed E-state index contributed by atoms with van der Waals surface area (Å²) in [5, 5.41) is 41.2. The van der Waals surface area contributed by atoms with E-state index in [1.807, 2.05) is 62.4 Å². The summed E-state index contributed by atoms with van der Waals surface area (Å²) in [7, 11) is 5.98. The van der Waals surface area contributed by atoms with E-state index >= 15 is 4.39 Å². The molecule has 45 heteroatoms. The Morgan fingerprint density at radius 3 is 1.25 bits per heavy atom. The van der Waals surface area contributed by atoms with Crippen molar-refractivity contribution in [3.05, 3.63) is 202 Å². The van der Waals surface area contributed by atoms with Crippen LogP contribution >= 0.6 is 66.7 Å². The lowest BCUT2D eigenvalue weighted by Gasteiger charge is -2.34. The molecular weight excluding hydrogens is 2040 g/mol. The third kappa shape index (κ3) is 28.5. The van der Waals surface area contributed by atoms with Crippen molar-refractivity contribution in [2.45, 2.75) is 61.4 Å². The second kappa shape index (κ2) is 51.1. The maximum absolute atomic E-state index is 15.3. The van der Waals surface area contributed by atoms with Crippen LogP contribution in [0.15, 0.2) is 140 Å². The molecule has 5 N–H and O–H groups in total. The number of methoxy groups -OCH3 is 2. The summed E-state index contributed by atoms with van der Waals surface area (Å²) < 4.78 is 146. The first-order valence-corrected chi connectivity index (χ1v) is 50.1. The minimum Gasteiger partial charge on any atom is -0.494 e. The van der Waals surface area contributed by atoms with Crippen molar-refractivity contribution < 1.29 is 92.8 Å². The fraction of sp³-hybridized carbons (Fsp3) is 0.426. The van der Waals surface area contributed by atoms with Gasteiger partial charge in [-0.15, -0.1) is 10.2 Å². The number of hydrogen-bond donors (Lipinski definition) is 4. The second-order valence-corrected chi connectivity index (χ2v) is 39.7. The Morgan fingerprint density at radius 1 is 0.489 bits per heavy atom. The van der Waals surface area contributed by atoms with Crippen LogP contribution in [0.5, 0.6) is 23.0 Å². The van der Waals surface area contributed by atoms with Crippen LogP contribution in [-0.4, -0.2) is 308 Å². The topological polar surface area (TPSA) is 406 Å². The monoisotopic (exact) mass is 2150 g/mol. The highest BCUT2D eigenvalue weighted by Crippen LogP contribution is 2.42. The Hall–Kier alpha value is -10.1. The molecule has 2 fully saturated rings. The molecular formula is C94H113Br2Cl3F2N18O18S2. The largest absolute Gasteiger partial charge is 0.494 e. The molecule has 0 bridgehead atoms. The summed E-state index contributed by atoms with van der Waals surface area (Å²) in [6.45, 7) is 16.7. The Labute approximate surface area is 836 Å². The molecule has 0 saturated carbocycles. The number of carboxylic acid groups (broad SMARTS) is 2. The molecule has 4 aromatic heterocycles. The van der Waals surface area contributed by atoms with Crippen molar-refractivity contribution in [1.29, 1.82) is 0 Å². The number of anilines is 3. The van der Waals surface area contributed by atoms with Gasteiger partial charge in [0.05, 0.1) is 135 Å². The highest BCUT2D eigenvalue weighted by atomic mass is 79.9. The van der Waals surface area contributed by atoms with Gasteiger partial charge in [0.2, 0.25) is 31.3 Å². The zero-order valence-electron chi connectivity index (χ0n) is 78.6. The molecule has 0 spiro atoms. The molecule has 2 aliphatic heterocycles. The molecule has 6 heterocycles. The summed E-state index contributed by atoms with van der Waals surface area (Å²) >= 11 is 24.7. The van der Waals surface area contributed by atoms with Crippen molar-refractivity contribution in [2.24, 2.45) is 19.8 Å².